The fourth-order valence-electron chi connectivity index (χ4n) is 1.12. The monoisotopic (exact) mass is 194 g/mol. The second kappa shape index (κ2) is 3.69. The van der Waals surface area contributed by atoms with Crippen LogP contribution < -0.4 is 0 Å². The van der Waals surface area contributed by atoms with Gasteiger partial charge in [0, 0.05) is 26.2 Å². The molecule has 0 atom stereocenters. The lowest BCUT2D eigenvalue weighted by Crippen LogP contribution is -2.47. The number of hydrogen-bond donors (Lipinski definition) is 0. The van der Waals surface area contributed by atoms with Crippen molar-refractivity contribution in [3.05, 3.63) is 0 Å². The van der Waals surface area contributed by atoms with E-state index in [9.17, 15) is 8.42 Å². The first kappa shape index (κ1) is 9.91. The van der Waals surface area contributed by atoms with Gasteiger partial charge in [-0.2, -0.15) is 12.7 Å². The third-order valence-corrected chi connectivity index (χ3v) is 3.41. The zero-order valence-electron chi connectivity index (χ0n) is 7.36. The second-order valence-electron chi connectivity index (χ2n) is 2.83. The summed E-state index contributed by atoms with van der Waals surface area (Å²) in [7, 11) is -0.281. The summed E-state index contributed by atoms with van der Waals surface area (Å²) in [6.45, 7) is 2.57. The van der Waals surface area contributed by atoms with Crippen LogP contribution in [0, 0.1) is 0 Å². The zero-order chi connectivity index (χ0) is 9.19. The average molecular weight is 194 g/mol. The van der Waals surface area contributed by atoms with Gasteiger partial charge < -0.3 is 4.90 Å². The van der Waals surface area contributed by atoms with Gasteiger partial charge in [-0.3, -0.25) is 4.18 Å². The number of hydrogen-bond acceptors (Lipinski definition) is 4. The van der Waals surface area contributed by atoms with Crippen molar-refractivity contribution in [2.75, 3.05) is 40.3 Å². The summed E-state index contributed by atoms with van der Waals surface area (Å²) in [5.41, 5.74) is 0. The molecular weight excluding hydrogens is 180 g/mol. The predicted octanol–water partition coefficient (Wildman–Crippen LogP) is -0.875. The summed E-state index contributed by atoms with van der Waals surface area (Å²) in [5, 5.41) is 0. The van der Waals surface area contributed by atoms with Crippen LogP contribution in [0.5, 0.6) is 0 Å². The fourth-order valence-corrected chi connectivity index (χ4v) is 1.94. The van der Waals surface area contributed by atoms with Gasteiger partial charge in [0.05, 0.1) is 7.11 Å². The van der Waals surface area contributed by atoms with Gasteiger partial charge in [0.15, 0.2) is 0 Å². The molecule has 1 aliphatic heterocycles. The van der Waals surface area contributed by atoms with E-state index in [1.54, 1.807) is 0 Å². The number of nitrogens with zero attached hydrogens (tertiary/aromatic N) is 2. The molecule has 0 aromatic rings. The molecule has 0 radical (unpaired) electrons. The van der Waals surface area contributed by atoms with Gasteiger partial charge in [-0.05, 0) is 7.05 Å². The lowest BCUT2D eigenvalue weighted by Gasteiger charge is -2.30. The van der Waals surface area contributed by atoms with Crippen LogP contribution in [0.4, 0.5) is 0 Å². The van der Waals surface area contributed by atoms with Gasteiger partial charge in [0.1, 0.15) is 0 Å². The van der Waals surface area contributed by atoms with Crippen LogP contribution in [0.3, 0.4) is 0 Å². The van der Waals surface area contributed by atoms with Crippen LogP contribution in [0.25, 0.3) is 0 Å². The first-order valence-corrected chi connectivity index (χ1v) is 5.17. The fraction of sp³-hybridized carbons (Fsp3) is 1.00. The molecule has 0 unspecified atom stereocenters. The number of piperazine rings is 1. The third kappa shape index (κ3) is 2.16. The van der Waals surface area contributed by atoms with Gasteiger partial charge >= 0.3 is 10.3 Å². The molecule has 1 rings (SSSR count). The molecule has 0 N–H and O–H groups in total. The van der Waals surface area contributed by atoms with Crippen LogP contribution in [-0.2, 0) is 14.5 Å². The second-order valence-corrected chi connectivity index (χ2v) is 4.53. The molecule has 5 nitrogen and oxygen atoms in total. The molecule has 1 heterocycles. The van der Waals surface area contributed by atoms with E-state index in [4.69, 9.17) is 0 Å². The highest BCUT2D eigenvalue weighted by Gasteiger charge is 2.24. The quantitative estimate of drug-likeness (QED) is 0.573. The van der Waals surface area contributed by atoms with Crippen molar-refractivity contribution >= 4 is 10.3 Å². The van der Waals surface area contributed by atoms with Gasteiger partial charge in [0.25, 0.3) is 0 Å². The Bertz CT molecular complexity index is 231. The topological polar surface area (TPSA) is 49.9 Å². The maximum absolute atomic E-state index is 11.1. The molecule has 1 aliphatic rings. The molecule has 1 saturated heterocycles. The molecule has 0 aromatic carbocycles. The largest absolute Gasteiger partial charge is 0.338 e. The Kier molecular flexibility index (Phi) is 3.05. The Morgan fingerprint density at radius 2 is 1.67 bits per heavy atom. The van der Waals surface area contributed by atoms with Crippen molar-refractivity contribution in [1.82, 2.24) is 9.21 Å². The highest BCUT2D eigenvalue weighted by molar-refractivity contribution is 7.84. The molecule has 1 fully saturated rings. The van der Waals surface area contributed by atoms with E-state index < -0.39 is 10.3 Å². The van der Waals surface area contributed by atoms with Gasteiger partial charge in [-0.15, -0.1) is 0 Å². The van der Waals surface area contributed by atoms with E-state index in [0.29, 0.717) is 13.1 Å². The summed E-state index contributed by atoms with van der Waals surface area (Å²) in [6.07, 6.45) is 0. The van der Waals surface area contributed by atoms with E-state index in [1.807, 2.05) is 7.05 Å². The SMILES string of the molecule is COS(=O)(=O)N1CCN(C)CC1. The van der Waals surface area contributed by atoms with E-state index in [1.165, 1.54) is 11.4 Å². The maximum Gasteiger partial charge on any atom is 0.338 e. The molecule has 72 valence electrons. The van der Waals surface area contributed by atoms with Gasteiger partial charge in [0.2, 0.25) is 0 Å². The predicted molar refractivity (Wildman–Crippen MR) is 45.0 cm³/mol. The Labute approximate surface area is 73.2 Å². The summed E-state index contributed by atoms with van der Waals surface area (Å²) in [5.74, 6) is 0. The smallest absolute Gasteiger partial charge is 0.304 e. The van der Waals surface area contributed by atoms with Crippen molar-refractivity contribution in [3.63, 3.8) is 0 Å². The maximum atomic E-state index is 11.1. The molecule has 0 spiro atoms. The van der Waals surface area contributed by atoms with Crippen molar-refractivity contribution < 1.29 is 12.6 Å². The lowest BCUT2D eigenvalue weighted by molar-refractivity contribution is 0.204. The molecule has 0 saturated carbocycles. The Morgan fingerprint density at radius 3 is 2.08 bits per heavy atom. The molecule has 6 heteroatoms. The minimum atomic E-state index is -3.44. The van der Waals surface area contributed by atoms with Crippen molar-refractivity contribution in [2.24, 2.45) is 0 Å². The van der Waals surface area contributed by atoms with E-state index >= 15 is 0 Å². The summed E-state index contributed by atoms with van der Waals surface area (Å²) < 4.78 is 28.0. The van der Waals surface area contributed by atoms with Crippen LogP contribution in [0.15, 0.2) is 0 Å². The van der Waals surface area contributed by atoms with Gasteiger partial charge in [-0.25, -0.2) is 0 Å². The van der Waals surface area contributed by atoms with E-state index in [2.05, 4.69) is 9.08 Å². The molecule has 0 aliphatic carbocycles. The van der Waals surface area contributed by atoms with Crippen molar-refractivity contribution in [2.45, 2.75) is 0 Å². The highest BCUT2D eigenvalue weighted by Crippen LogP contribution is 2.06. The van der Waals surface area contributed by atoms with Crippen LogP contribution >= 0.6 is 0 Å². The molecule has 0 bridgehead atoms. The third-order valence-electron chi connectivity index (χ3n) is 1.99. The first-order chi connectivity index (χ1) is 5.56. The van der Waals surface area contributed by atoms with Crippen LogP contribution in [0.1, 0.15) is 0 Å². The van der Waals surface area contributed by atoms with Crippen LogP contribution in [-0.4, -0.2) is 58.0 Å². The summed E-state index contributed by atoms with van der Waals surface area (Å²) in [4.78, 5) is 2.08. The van der Waals surface area contributed by atoms with Crippen molar-refractivity contribution in [3.8, 4) is 0 Å². The van der Waals surface area contributed by atoms with E-state index in [0.717, 1.165) is 13.1 Å². The van der Waals surface area contributed by atoms with E-state index in [-0.39, 0.29) is 0 Å². The average Bonchev–Trinajstić information content (AvgIpc) is 2.05. The molecule has 12 heavy (non-hydrogen) atoms. The Hall–Kier alpha value is -0.170. The molecule has 0 aromatic heterocycles. The minimum Gasteiger partial charge on any atom is -0.304 e. The summed E-state index contributed by atoms with van der Waals surface area (Å²) >= 11 is 0. The lowest BCUT2D eigenvalue weighted by atomic mass is 10.4. The minimum absolute atomic E-state index is 0.521. The summed E-state index contributed by atoms with van der Waals surface area (Å²) in [6, 6.07) is 0. The van der Waals surface area contributed by atoms with Crippen LogP contribution in [0.2, 0.25) is 0 Å². The Morgan fingerprint density at radius 1 is 1.17 bits per heavy atom. The van der Waals surface area contributed by atoms with Crippen molar-refractivity contribution in [1.29, 1.82) is 0 Å². The van der Waals surface area contributed by atoms with Gasteiger partial charge in [-0.1, -0.05) is 0 Å². The normalized spacial score (nSPS) is 22.8. The number of rotatable bonds is 2. The Balaban J connectivity index is 2.56. The highest BCUT2D eigenvalue weighted by atomic mass is 32.2. The molecule has 0 amide bonds. The first-order valence-electron chi connectivity index (χ1n) is 3.80. The zero-order valence-corrected chi connectivity index (χ0v) is 8.17. The molecular formula is C6H14N2O3S. The number of likely N-dealkylation sites (N-methyl/N-ethyl adjacent to an activating group) is 1. The standard InChI is InChI=1S/C6H14N2O3S/c1-7-3-5-8(6-4-7)12(9,10)11-2/h3-6H2,1-2H3.